The van der Waals surface area contributed by atoms with Crippen LogP contribution in [0.1, 0.15) is 0 Å². The largest absolute Gasteiger partial charge is 0.360 e. The van der Waals surface area contributed by atoms with Crippen molar-refractivity contribution in [1.29, 1.82) is 0 Å². The van der Waals surface area contributed by atoms with Gasteiger partial charge in [0.2, 0.25) is 0 Å². The number of ether oxygens (including phenoxy) is 1. The summed E-state index contributed by atoms with van der Waals surface area (Å²) < 4.78 is 4.98. The smallest absolute Gasteiger partial charge is 0.273 e. The number of methoxy groups -OCH3 is 1. The monoisotopic (exact) mass is 212 g/mol. The molecule has 0 radical (unpaired) electrons. The predicted molar refractivity (Wildman–Crippen MR) is 55.4 cm³/mol. The second-order valence-corrected chi connectivity index (χ2v) is 3.64. The molecule has 1 aromatic carbocycles. The zero-order chi connectivity index (χ0) is 10.4. The predicted octanol–water partition coefficient (Wildman–Crippen LogP) is 0.741. The van der Waals surface area contributed by atoms with E-state index in [1.165, 1.54) is 18.9 Å². The molecule has 14 heavy (non-hydrogen) atoms. The average molecular weight is 212 g/mol. The van der Waals surface area contributed by atoms with Gasteiger partial charge in [0.1, 0.15) is 0 Å². The summed E-state index contributed by atoms with van der Waals surface area (Å²) in [5.41, 5.74) is 1.44. The molecule has 1 amide bonds. The van der Waals surface area contributed by atoms with Crippen LogP contribution in [-0.2, 0) is 9.53 Å². The number of hydrogen-bond acceptors (Lipinski definition) is 4. The maximum absolute atomic E-state index is 11.2. The minimum atomic E-state index is -0.609. The van der Waals surface area contributed by atoms with Gasteiger partial charge in [-0.25, -0.2) is 5.84 Å². The molecule has 4 nitrogen and oxygen atoms in total. The van der Waals surface area contributed by atoms with Gasteiger partial charge in [0.15, 0.2) is 5.44 Å². The highest BCUT2D eigenvalue weighted by atomic mass is 32.2. The summed E-state index contributed by atoms with van der Waals surface area (Å²) in [5, 5.41) is 0. The zero-order valence-corrected chi connectivity index (χ0v) is 8.58. The molecule has 0 aliphatic heterocycles. The second-order valence-electron chi connectivity index (χ2n) is 2.51. The standard InChI is InChI=1S/C9H12N2O2S/c1-13-9(8(12)11-10)14-7-5-3-2-4-6-7/h2-6,9H,10H2,1H3,(H,11,12). The Bertz CT molecular complexity index is 292. The van der Waals surface area contributed by atoms with Gasteiger partial charge in [-0.05, 0) is 12.1 Å². The third kappa shape index (κ3) is 3.02. The van der Waals surface area contributed by atoms with Crippen LogP contribution in [0.25, 0.3) is 0 Å². The first-order valence-electron chi connectivity index (χ1n) is 4.03. The average Bonchev–Trinajstić information content (AvgIpc) is 2.26. The Morgan fingerprint density at radius 3 is 2.64 bits per heavy atom. The number of thioether (sulfide) groups is 1. The summed E-state index contributed by atoms with van der Waals surface area (Å²) in [6.07, 6.45) is 0. The van der Waals surface area contributed by atoms with Gasteiger partial charge < -0.3 is 4.74 Å². The second kappa shape index (κ2) is 5.64. The van der Waals surface area contributed by atoms with Crippen molar-refractivity contribution in [2.24, 2.45) is 5.84 Å². The SMILES string of the molecule is COC(Sc1ccccc1)C(=O)NN. The van der Waals surface area contributed by atoms with Crippen molar-refractivity contribution in [2.45, 2.75) is 10.3 Å². The molecule has 76 valence electrons. The molecule has 1 atom stereocenters. The van der Waals surface area contributed by atoms with E-state index in [9.17, 15) is 4.79 Å². The highest BCUT2D eigenvalue weighted by molar-refractivity contribution is 8.00. The maximum Gasteiger partial charge on any atom is 0.273 e. The number of benzene rings is 1. The number of nitrogens with one attached hydrogen (secondary N) is 1. The Morgan fingerprint density at radius 1 is 1.50 bits per heavy atom. The Morgan fingerprint density at radius 2 is 2.14 bits per heavy atom. The first-order chi connectivity index (χ1) is 6.77. The van der Waals surface area contributed by atoms with Crippen molar-refractivity contribution in [3.8, 4) is 0 Å². The van der Waals surface area contributed by atoms with Crippen molar-refractivity contribution < 1.29 is 9.53 Å². The molecule has 0 spiro atoms. The Hall–Kier alpha value is -1.04. The molecule has 0 saturated heterocycles. The Kier molecular flexibility index (Phi) is 4.45. The van der Waals surface area contributed by atoms with Crippen LogP contribution in [0.4, 0.5) is 0 Å². The lowest BCUT2D eigenvalue weighted by molar-refractivity contribution is -0.126. The van der Waals surface area contributed by atoms with E-state index < -0.39 is 5.44 Å². The summed E-state index contributed by atoms with van der Waals surface area (Å²) in [7, 11) is 1.47. The van der Waals surface area contributed by atoms with E-state index in [4.69, 9.17) is 10.6 Å². The zero-order valence-electron chi connectivity index (χ0n) is 7.77. The molecule has 0 bridgehead atoms. The number of nitrogens with two attached hydrogens (primary N) is 1. The van der Waals surface area contributed by atoms with Gasteiger partial charge in [0.05, 0.1) is 0 Å². The van der Waals surface area contributed by atoms with E-state index in [-0.39, 0.29) is 5.91 Å². The quantitative estimate of drug-likeness (QED) is 0.254. The molecular formula is C9H12N2O2S. The van der Waals surface area contributed by atoms with E-state index in [2.05, 4.69) is 5.43 Å². The molecule has 3 N–H and O–H groups in total. The van der Waals surface area contributed by atoms with Gasteiger partial charge in [-0.1, -0.05) is 30.0 Å². The van der Waals surface area contributed by atoms with Gasteiger partial charge in [-0.15, -0.1) is 0 Å². The third-order valence-corrected chi connectivity index (χ3v) is 2.72. The normalized spacial score (nSPS) is 12.1. The van der Waals surface area contributed by atoms with Crippen LogP contribution in [0.3, 0.4) is 0 Å². The van der Waals surface area contributed by atoms with E-state index >= 15 is 0 Å². The van der Waals surface area contributed by atoms with Crippen molar-refractivity contribution in [1.82, 2.24) is 5.43 Å². The van der Waals surface area contributed by atoms with Crippen LogP contribution in [-0.4, -0.2) is 18.5 Å². The molecule has 0 aliphatic carbocycles. The van der Waals surface area contributed by atoms with Crippen molar-refractivity contribution in [3.63, 3.8) is 0 Å². The Balaban J connectivity index is 2.62. The fourth-order valence-electron chi connectivity index (χ4n) is 0.899. The number of hydrazine groups is 1. The number of amides is 1. The van der Waals surface area contributed by atoms with Gasteiger partial charge in [0.25, 0.3) is 5.91 Å². The summed E-state index contributed by atoms with van der Waals surface area (Å²) in [6.45, 7) is 0. The van der Waals surface area contributed by atoms with Crippen LogP contribution in [0.5, 0.6) is 0 Å². The van der Waals surface area contributed by atoms with Crippen molar-refractivity contribution in [2.75, 3.05) is 7.11 Å². The maximum atomic E-state index is 11.2. The van der Waals surface area contributed by atoms with Crippen LogP contribution in [0.15, 0.2) is 35.2 Å². The van der Waals surface area contributed by atoms with E-state index in [0.29, 0.717) is 0 Å². The molecule has 5 heteroatoms. The lowest BCUT2D eigenvalue weighted by Gasteiger charge is -2.12. The van der Waals surface area contributed by atoms with E-state index in [0.717, 1.165) is 4.90 Å². The number of hydrogen-bond donors (Lipinski definition) is 2. The molecule has 0 fully saturated rings. The molecule has 0 saturated carbocycles. The molecule has 1 aromatic rings. The third-order valence-electron chi connectivity index (χ3n) is 1.56. The fraction of sp³-hybridized carbons (Fsp3) is 0.222. The minimum Gasteiger partial charge on any atom is -0.360 e. The summed E-state index contributed by atoms with van der Waals surface area (Å²) >= 11 is 1.31. The molecular weight excluding hydrogens is 200 g/mol. The first-order valence-corrected chi connectivity index (χ1v) is 4.91. The summed E-state index contributed by atoms with van der Waals surface area (Å²) in [6, 6.07) is 9.51. The summed E-state index contributed by atoms with van der Waals surface area (Å²) in [4.78, 5) is 12.1. The van der Waals surface area contributed by atoms with Crippen LogP contribution in [0.2, 0.25) is 0 Å². The minimum absolute atomic E-state index is 0.346. The molecule has 0 heterocycles. The van der Waals surface area contributed by atoms with Gasteiger partial charge in [-0.2, -0.15) is 0 Å². The lowest BCUT2D eigenvalue weighted by Crippen LogP contribution is -2.38. The van der Waals surface area contributed by atoms with E-state index in [1.54, 1.807) is 0 Å². The Labute approximate surface area is 86.8 Å². The van der Waals surface area contributed by atoms with E-state index in [1.807, 2.05) is 30.3 Å². The van der Waals surface area contributed by atoms with Gasteiger partial charge in [0, 0.05) is 12.0 Å². The lowest BCUT2D eigenvalue weighted by atomic mass is 10.4. The van der Waals surface area contributed by atoms with Crippen LogP contribution < -0.4 is 11.3 Å². The molecule has 1 rings (SSSR count). The summed E-state index contributed by atoms with van der Waals surface area (Å²) in [5.74, 6) is 4.66. The number of rotatable bonds is 4. The molecule has 1 unspecified atom stereocenters. The van der Waals surface area contributed by atoms with Crippen LogP contribution in [0, 0.1) is 0 Å². The van der Waals surface area contributed by atoms with Crippen molar-refractivity contribution in [3.05, 3.63) is 30.3 Å². The molecule has 0 aromatic heterocycles. The van der Waals surface area contributed by atoms with Crippen molar-refractivity contribution >= 4 is 17.7 Å². The number of carbonyl (C=O) groups is 1. The first kappa shape index (κ1) is 11.0. The topological polar surface area (TPSA) is 64.3 Å². The molecule has 0 aliphatic rings. The van der Waals surface area contributed by atoms with Gasteiger partial charge >= 0.3 is 0 Å². The fourth-order valence-corrected chi connectivity index (χ4v) is 1.73. The van der Waals surface area contributed by atoms with Crippen LogP contribution >= 0.6 is 11.8 Å². The van der Waals surface area contributed by atoms with Gasteiger partial charge in [-0.3, -0.25) is 10.2 Å². The highest BCUT2D eigenvalue weighted by Gasteiger charge is 2.17. The highest BCUT2D eigenvalue weighted by Crippen LogP contribution is 2.23. The number of carbonyl (C=O) groups excluding carboxylic acids is 1.